The van der Waals surface area contributed by atoms with Gasteiger partial charge in [-0.15, -0.1) is 0 Å². The highest BCUT2D eigenvalue weighted by Gasteiger charge is 2.20. The van der Waals surface area contributed by atoms with Crippen molar-refractivity contribution in [1.29, 1.82) is 0 Å². The van der Waals surface area contributed by atoms with Crippen molar-refractivity contribution in [3.05, 3.63) is 17.7 Å². The van der Waals surface area contributed by atoms with Crippen molar-refractivity contribution in [2.45, 2.75) is 36.6 Å². The largest absolute Gasteiger partial charge is 0.302 e. The lowest BCUT2D eigenvalue weighted by Gasteiger charge is -2.23. The first kappa shape index (κ1) is 15.6. The molecule has 1 saturated carbocycles. The molecule has 0 spiro atoms. The van der Waals surface area contributed by atoms with Crippen LogP contribution in [0.25, 0.3) is 0 Å². The van der Waals surface area contributed by atoms with Crippen LogP contribution in [0.3, 0.4) is 0 Å². The second-order valence-corrected chi connectivity index (χ2v) is 7.11. The Kier molecular flexibility index (Phi) is 5.31. The van der Waals surface area contributed by atoms with E-state index < -0.39 is 10.0 Å². The van der Waals surface area contributed by atoms with Crippen LogP contribution < -0.4 is 4.72 Å². The number of halogens is 1. The Morgan fingerprint density at radius 2 is 1.95 bits per heavy atom. The van der Waals surface area contributed by atoms with Crippen LogP contribution in [0.4, 0.5) is 0 Å². The SMILES string of the molecule is CN(CCNS(=O)(=O)c1cnc(Cl)nc1)C1CCCC1. The van der Waals surface area contributed by atoms with Gasteiger partial charge in [0.05, 0.1) is 12.4 Å². The molecule has 0 aliphatic heterocycles. The minimum Gasteiger partial charge on any atom is -0.302 e. The summed E-state index contributed by atoms with van der Waals surface area (Å²) in [5.74, 6) is 0. The average molecular weight is 319 g/mol. The topological polar surface area (TPSA) is 75.2 Å². The molecule has 1 heterocycles. The van der Waals surface area contributed by atoms with Gasteiger partial charge in [0.2, 0.25) is 15.3 Å². The van der Waals surface area contributed by atoms with E-state index in [-0.39, 0.29) is 10.2 Å². The molecule has 1 aromatic heterocycles. The minimum absolute atomic E-state index is 0.0323. The average Bonchev–Trinajstić information content (AvgIpc) is 2.93. The van der Waals surface area contributed by atoms with Gasteiger partial charge >= 0.3 is 0 Å². The smallest absolute Gasteiger partial charge is 0.243 e. The van der Waals surface area contributed by atoms with Gasteiger partial charge in [0.15, 0.2) is 0 Å². The Hall–Kier alpha value is -0.760. The maximum Gasteiger partial charge on any atom is 0.243 e. The third-order valence-corrected chi connectivity index (χ3v) is 5.22. The third kappa shape index (κ3) is 4.12. The molecule has 2 rings (SSSR count). The maximum atomic E-state index is 12.0. The van der Waals surface area contributed by atoms with Gasteiger partial charge in [0, 0.05) is 19.1 Å². The number of sulfonamides is 1. The molecule has 1 aromatic rings. The highest BCUT2D eigenvalue weighted by Crippen LogP contribution is 2.21. The maximum absolute atomic E-state index is 12.0. The molecule has 0 amide bonds. The highest BCUT2D eigenvalue weighted by molar-refractivity contribution is 7.89. The van der Waals surface area contributed by atoms with E-state index in [9.17, 15) is 8.42 Å². The molecule has 112 valence electrons. The summed E-state index contributed by atoms with van der Waals surface area (Å²) >= 11 is 5.54. The van der Waals surface area contributed by atoms with Gasteiger partial charge in [-0.3, -0.25) is 0 Å². The lowest BCUT2D eigenvalue weighted by atomic mass is 10.2. The molecule has 1 fully saturated rings. The molecule has 0 unspecified atom stereocenters. The fourth-order valence-corrected chi connectivity index (χ4v) is 3.41. The normalized spacial score (nSPS) is 16.9. The molecule has 1 aliphatic rings. The van der Waals surface area contributed by atoms with Crippen molar-refractivity contribution >= 4 is 21.6 Å². The molecule has 20 heavy (non-hydrogen) atoms. The van der Waals surface area contributed by atoms with Gasteiger partial charge in [-0.05, 0) is 31.5 Å². The van der Waals surface area contributed by atoms with E-state index in [1.807, 2.05) is 7.05 Å². The van der Waals surface area contributed by atoms with Crippen LogP contribution in [0.2, 0.25) is 5.28 Å². The van der Waals surface area contributed by atoms with Gasteiger partial charge in [-0.25, -0.2) is 23.1 Å². The second-order valence-electron chi connectivity index (χ2n) is 5.00. The van der Waals surface area contributed by atoms with Gasteiger partial charge in [-0.2, -0.15) is 0 Å². The molecular formula is C12H19ClN4O2S. The fourth-order valence-electron chi connectivity index (χ4n) is 2.41. The van der Waals surface area contributed by atoms with Crippen molar-refractivity contribution in [2.24, 2.45) is 0 Å². The molecule has 0 bridgehead atoms. The Morgan fingerprint density at radius 3 is 2.55 bits per heavy atom. The zero-order valence-corrected chi connectivity index (χ0v) is 13.0. The lowest BCUT2D eigenvalue weighted by molar-refractivity contribution is 0.250. The van der Waals surface area contributed by atoms with Crippen molar-refractivity contribution in [1.82, 2.24) is 19.6 Å². The first-order valence-electron chi connectivity index (χ1n) is 6.66. The predicted octanol–water partition coefficient (Wildman–Crippen LogP) is 1.28. The summed E-state index contributed by atoms with van der Waals surface area (Å²) in [4.78, 5) is 9.60. The number of rotatable bonds is 6. The quantitative estimate of drug-likeness (QED) is 0.800. The lowest BCUT2D eigenvalue weighted by Crippen LogP contribution is -2.37. The van der Waals surface area contributed by atoms with E-state index >= 15 is 0 Å². The van der Waals surface area contributed by atoms with Crippen molar-refractivity contribution in [3.8, 4) is 0 Å². The molecule has 0 aromatic carbocycles. The summed E-state index contributed by atoms with van der Waals surface area (Å²) in [7, 11) is -1.52. The number of hydrogen-bond acceptors (Lipinski definition) is 5. The zero-order valence-electron chi connectivity index (χ0n) is 11.4. The van der Waals surface area contributed by atoms with Gasteiger partial charge in [0.25, 0.3) is 0 Å². The highest BCUT2D eigenvalue weighted by atomic mass is 35.5. The zero-order chi connectivity index (χ0) is 14.6. The van der Waals surface area contributed by atoms with Crippen LogP contribution in [-0.2, 0) is 10.0 Å². The Morgan fingerprint density at radius 1 is 1.35 bits per heavy atom. The van der Waals surface area contributed by atoms with E-state index in [0.29, 0.717) is 19.1 Å². The first-order chi connectivity index (χ1) is 9.49. The molecule has 0 radical (unpaired) electrons. The summed E-state index contributed by atoms with van der Waals surface area (Å²) in [5, 5.41) is 0.0323. The summed E-state index contributed by atoms with van der Waals surface area (Å²) in [6, 6.07) is 0.582. The molecular weight excluding hydrogens is 300 g/mol. The second kappa shape index (κ2) is 6.80. The number of hydrogen-bond donors (Lipinski definition) is 1. The number of nitrogens with zero attached hydrogens (tertiary/aromatic N) is 3. The number of likely N-dealkylation sites (N-methyl/N-ethyl adjacent to an activating group) is 1. The molecule has 0 saturated heterocycles. The molecule has 6 nitrogen and oxygen atoms in total. The predicted molar refractivity (Wildman–Crippen MR) is 77.1 cm³/mol. The third-order valence-electron chi connectivity index (χ3n) is 3.61. The summed E-state index contributed by atoms with van der Waals surface area (Å²) < 4.78 is 26.5. The number of nitrogens with one attached hydrogen (secondary N) is 1. The number of aromatic nitrogens is 2. The van der Waals surface area contributed by atoms with Crippen LogP contribution in [0.5, 0.6) is 0 Å². The van der Waals surface area contributed by atoms with Gasteiger partial charge in [-0.1, -0.05) is 12.8 Å². The minimum atomic E-state index is -3.56. The van der Waals surface area contributed by atoms with Crippen LogP contribution in [0, 0.1) is 0 Å². The Labute approximate surface area is 124 Å². The van der Waals surface area contributed by atoms with E-state index in [2.05, 4.69) is 19.6 Å². The van der Waals surface area contributed by atoms with Gasteiger partial charge < -0.3 is 4.90 Å². The summed E-state index contributed by atoms with van der Waals surface area (Å²) in [6.45, 7) is 1.07. The standard InChI is InChI=1S/C12H19ClN4O2S/c1-17(10-4-2-3-5-10)7-6-16-20(18,19)11-8-14-12(13)15-9-11/h8-10,16H,2-7H2,1H3. The summed E-state index contributed by atoms with van der Waals surface area (Å²) in [5.41, 5.74) is 0. The Balaban J connectivity index is 1.84. The molecule has 1 N–H and O–H groups in total. The van der Waals surface area contributed by atoms with Crippen molar-refractivity contribution in [2.75, 3.05) is 20.1 Å². The summed E-state index contributed by atoms with van der Waals surface area (Å²) in [6.07, 6.45) is 7.35. The first-order valence-corrected chi connectivity index (χ1v) is 8.52. The van der Waals surface area contributed by atoms with Gasteiger partial charge in [0.1, 0.15) is 4.90 Å². The molecule has 1 aliphatic carbocycles. The molecule has 0 atom stereocenters. The van der Waals surface area contributed by atoms with Crippen LogP contribution in [-0.4, -0.2) is 49.5 Å². The van der Waals surface area contributed by atoms with E-state index in [4.69, 9.17) is 11.6 Å². The molecule has 8 heteroatoms. The van der Waals surface area contributed by atoms with Crippen LogP contribution in [0.15, 0.2) is 17.3 Å². The van der Waals surface area contributed by atoms with Crippen molar-refractivity contribution in [3.63, 3.8) is 0 Å². The van der Waals surface area contributed by atoms with E-state index in [0.717, 1.165) is 0 Å². The van der Waals surface area contributed by atoms with E-state index in [1.165, 1.54) is 38.1 Å². The Bertz CT molecular complexity index is 529. The van der Waals surface area contributed by atoms with Crippen molar-refractivity contribution < 1.29 is 8.42 Å². The van der Waals surface area contributed by atoms with Crippen LogP contribution in [0.1, 0.15) is 25.7 Å². The monoisotopic (exact) mass is 318 g/mol. The van der Waals surface area contributed by atoms with E-state index in [1.54, 1.807) is 0 Å². The fraction of sp³-hybridized carbons (Fsp3) is 0.667. The van der Waals surface area contributed by atoms with Crippen LogP contribution >= 0.6 is 11.6 Å².